The van der Waals surface area contributed by atoms with Crippen molar-refractivity contribution in [3.8, 4) is 0 Å². The second-order valence-electron chi connectivity index (χ2n) is 2.22. The fraction of sp³-hybridized carbons (Fsp3) is 0.667. The highest BCUT2D eigenvalue weighted by Gasteiger charge is 1.92. The number of hydrogen-bond acceptors (Lipinski definition) is 2. The minimum Gasteiger partial charge on any atom is -0.370 e. The Morgan fingerprint density at radius 2 is 2.08 bits per heavy atom. The van der Waals surface area contributed by atoms with Crippen molar-refractivity contribution >= 4 is 34.8 Å². The van der Waals surface area contributed by atoms with Crippen molar-refractivity contribution in [2.75, 3.05) is 6.54 Å². The summed E-state index contributed by atoms with van der Waals surface area (Å²) in [4.78, 5) is 4.02. The van der Waals surface area contributed by atoms with Crippen LogP contribution in [0.4, 0.5) is 0 Å². The van der Waals surface area contributed by atoms with Crippen molar-refractivity contribution in [3.63, 3.8) is 0 Å². The van der Waals surface area contributed by atoms with E-state index < -0.39 is 0 Å². The van der Waals surface area contributed by atoms with Gasteiger partial charge in [-0.05, 0) is 6.42 Å². The second-order valence-corrected chi connectivity index (χ2v) is 2.70. The number of unbranched alkanes of at least 4 members (excludes halogenated alkanes) is 1. The van der Waals surface area contributed by atoms with E-state index in [0.717, 1.165) is 19.4 Å². The molecule has 0 rings (SSSR count). The van der Waals surface area contributed by atoms with E-state index in [1.165, 1.54) is 0 Å². The third-order valence-electron chi connectivity index (χ3n) is 1.14. The summed E-state index contributed by atoms with van der Waals surface area (Å²) in [5, 5.41) is 2.64. The van der Waals surface area contributed by atoms with Gasteiger partial charge in [0.25, 0.3) is 0 Å². The van der Waals surface area contributed by atoms with Crippen molar-refractivity contribution in [1.29, 1.82) is 0 Å². The van der Waals surface area contributed by atoms with Crippen molar-refractivity contribution in [1.82, 2.24) is 5.32 Å². The maximum atomic E-state index is 5.47. The zero-order chi connectivity index (χ0) is 9.40. The van der Waals surface area contributed by atoms with E-state index >= 15 is 0 Å². The normalized spacial score (nSPS) is 13.2. The number of nitrogens with one attached hydrogen (secondary N) is 1. The van der Waals surface area contributed by atoms with Gasteiger partial charge in [0, 0.05) is 6.54 Å². The van der Waals surface area contributed by atoms with Crippen LogP contribution >= 0.6 is 22.9 Å². The van der Waals surface area contributed by atoms with Gasteiger partial charge in [0.05, 0.1) is 22.9 Å². The fourth-order valence-electron chi connectivity index (χ4n) is 0.549. The van der Waals surface area contributed by atoms with Gasteiger partial charge in [-0.3, -0.25) is 10.3 Å². The molecule has 0 spiro atoms. The molecule has 0 amide bonds. The minimum absolute atomic E-state index is 0.272. The molecule has 0 fully saturated rings. The highest BCUT2D eigenvalue weighted by atomic mass is 127. The maximum absolute atomic E-state index is 5.47. The van der Waals surface area contributed by atoms with E-state index in [-0.39, 0.29) is 5.96 Å². The molecular weight excluding hydrogens is 269 g/mol. The smallest absolute Gasteiger partial charge is 0.205 e. The molecule has 0 bridgehead atoms. The Labute approximate surface area is 86.2 Å². The molecule has 0 heterocycles. The van der Waals surface area contributed by atoms with Gasteiger partial charge < -0.3 is 11.5 Å². The lowest BCUT2D eigenvalue weighted by atomic mass is 10.3. The minimum atomic E-state index is 0.272. The van der Waals surface area contributed by atoms with Gasteiger partial charge >= 0.3 is 0 Å². The fourth-order valence-corrected chi connectivity index (χ4v) is 0.670. The molecule has 0 aromatic carbocycles. The van der Waals surface area contributed by atoms with Crippen molar-refractivity contribution in [2.24, 2.45) is 19.7 Å². The summed E-state index contributed by atoms with van der Waals surface area (Å²) in [6, 6.07) is 0. The number of nitrogens with zero attached hydrogens (tertiary/aromatic N) is 2. The topological polar surface area (TPSA) is 88.8 Å². The number of halogens is 1. The molecule has 0 unspecified atom stereocenters. The maximum Gasteiger partial charge on any atom is 0.205 e. The highest BCUT2D eigenvalue weighted by molar-refractivity contribution is 14.1. The van der Waals surface area contributed by atoms with Crippen LogP contribution in [-0.2, 0) is 0 Å². The predicted octanol–water partition coefficient (Wildman–Crippen LogP) is 0.356. The average Bonchev–Trinajstić information content (AvgIpc) is 2.05. The largest absolute Gasteiger partial charge is 0.370 e. The summed E-state index contributed by atoms with van der Waals surface area (Å²) >= 11 is 1.78. The Morgan fingerprint density at radius 1 is 1.42 bits per heavy atom. The van der Waals surface area contributed by atoms with E-state index in [4.69, 9.17) is 11.5 Å². The number of aliphatic imine (C=N–C) groups is 1. The monoisotopic (exact) mass is 283 g/mol. The summed E-state index contributed by atoms with van der Waals surface area (Å²) in [7, 11) is 0. The molecule has 0 saturated heterocycles. The van der Waals surface area contributed by atoms with Crippen LogP contribution in [0.3, 0.4) is 0 Å². The Bertz CT molecular complexity index is 177. The summed E-state index contributed by atoms with van der Waals surface area (Å²) in [5.74, 6) is 0.592. The lowest BCUT2D eigenvalue weighted by Gasteiger charge is -2.01. The van der Waals surface area contributed by atoms with Crippen LogP contribution in [0.25, 0.3) is 0 Å². The van der Waals surface area contributed by atoms with Gasteiger partial charge in [0.2, 0.25) is 5.96 Å². The van der Waals surface area contributed by atoms with E-state index in [1.807, 2.05) is 0 Å². The first-order valence-electron chi connectivity index (χ1n) is 3.72. The quantitative estimate of drug-likeness (QED) is 0.302. The Kier molecular flexibility index (Phi) is 6.82. The molecule has 6 heteroatoms. The van der Waals surface area contributed by atoms with Crippen LogP contribution in [0.2, 0.25) is 0 Å². The van der Waals surface area contributed by atoms with Gasteiger partial charge in [0.1, 0.15) is 0 Å². The van der Waals surface area contributed by atoms with Gasteiger partial charge in [0.15, 0.2) is 5.96 Å². The van der Waals surface area contributed by atoms with E-state index in [1.54, 1.807) is 22.9 Å². The van der Waals surface area contributed by atoms with Gasteiger partial charge in [-0.15, -0.1) is 0 Å². The van der Waals surface area contributed by atoms with E-state index in [0.29, 0.717) is 5.96 Å². The molecule has 12 heavy (non-hydrogen) atoms. The Morgan fingerprint density at radius 3 is 2.58 bits per heavy atom. The number of hydrogen-bond donors (Lipinski definition) is 3. The standard InChI is InChI=1S/C6H14IN5/c1-2-3-4-10-5(8)11-6(9)12-7/h2-4H2,1H3,(H5,8,9,10,11,12). The molecule has 0 saturated carbocycles. The number of guanidine groups is 2. The van der Waals surface area contributed by atoms with Crippen molar-refractivity contribution < 1.29 is 0 Å². The van der Waals surface area contributed by atoms with Crippen molar-refractivity contribution in [2.45, 2.75) is 19.8 Å². The van der Waals surface area contributed by atoms with E-state index in [2.05, 4.69) is 20.4 Å². The molecule has 0 aromatic rings. The highest BCUT2D eigenvalue weighted by Crippen LogP contribution is 1.85. The van der Waals surface area contributed by atoms with Crippen LogP contribution in [0, 0.1) is 0 Å². The lowest BCUT2D eigenvalue weighted by molar-refractivity contribution is 0.804. The van der Waals surface area contributed by atoms with Crippen LogP contribution in [0.15, 0.2) is 8.20 Å². The summed E-state index contributed by atoms with van der Waals surface area (Å²) in [5.41, 5.74) is 10.8. The second kappa shape index (κ2) is 7.14. The molecule has 0 aliphatic carbocycles. The first kappa shape index (κ1) is 11.5. The third kappa shape index (κ3) is 6.20. The summed E-state index contributed by atoms with van der Waals surface area (Å²) < 4.78 is 3.65. The van der Waals surface area contributed by atoms with Gasteiger partial charge in [-0.1, -0.05) is 13.3 Å². The number of nitrogens with two attached hydrogens (primary N) is 2. The van der Waals surface area contributed by atoms with Crippen molar-refractivity contribution in [3.05, 3.63) is 0 Å². The zero-order valence-corrected chi connectivity index (χ0v) is 9.21. The molecule has 5 nitrogen and oxygen atoms in total. The Balaban J connectivity index is 3.70. The lowest BCUT2D eigenvalue weighted by Crippen LogP contribution is -2.41. The zero-order valence-electron chi connectivity index (χ0n) is 7.05. The molecular formula is C6H14IN5. The van der Waals surface area contributed by atoms with Crippen LogP contribution in [0.5, 0.6) is 0 Å². The third-order valence-corrected chi connectivity index (χ3v) is 1.66. The Hall–Kier alpha value is -0.530. The molecule has 0 atom stereocenters. The first-order valence-corrected chi connectivity index (χ1v) is 4.68. The first-order chi connectivity index (χ1) is 5.70. The summed E-state index contributed by atoms with van der Waals surface area (Å²) in [6.45, 7) is 2.82. The molecule has 0 radical (unpaired) electrons. The van der Waals surface area contributed by atoms with Crippen LogP contribution in [-0.4, -0.2) is 18.5 Å². The van der Waals surface area contributed by atoms with Gasteiger partial charge in [-0.25, -0.2) is 0 Å². The molecule has 70 valence electrons. The molecule has 5 N–H and O–H groups in total. The van der Waals surface area contributed by atoms with Gasteiger partial charge in [-0.2, -0.15) is 3.21 Å². The molecule has 0 aromatic heterocycles. The summed E-state index contributed by atoms with van der Waals surface area (Å²) in [6.07, 6.45) is 2.14. The SMILES string of the molecule is CCCCN=C(N)NC(N)=NI. The van der Waals surface area contributed by atoms with Crippen LogP contribution in [0.1, 0.15) is 19.8 Å². The van der Waals surface area contributed by atoms with Crippen LogP contribution < -0.4 is 16.8 Å². The average molecular weight is 283 g/mol. The number of rotatable bonds is 3. The molecule has 0 aliphatic heterocycles. The molecule has 0 aliphatic rings. The predicted molar refractivity (Wildman–Crippen MR) is 60.2 cm³/mol. The van der Waals surface area contributed by atoms with E-state index in [9.17, 15) is 0 Å².